The summed E-state index contributed by atoms with van der Waals surface area (Å²) in [6, 6.07) is 5.81. The lowest BCUT2D eigenvalue weighted by molar-refractivity contribution is 0.195. The highest BCUT2D eigenvalue weighted by Crippen LogP contribution is 2.25. The van der Waals surface area contributed by atoms with E-state index in [-0.39, 0.29) is 24.0 Å². The number of halogens is 1. The lowest BCUT2D eigenvalue weighted by Gasteiger charge is -2.23. The summed E-state index contributed by atoms with van der Waals surface area (Å²) < 4.78 is 17.9. The van der Waals surface area contributed by atoms with Gasteiger partial charge in [-0.3, -0.25) is 0 Å². The summed E-state index contributed by atoms with van der Waals surface area (Å²) in [5.41, 5.74) is 1.04. The van der Waals surface area contributed by atoms with Gasteiger partial charge in [0.15, 0.2) is 11.8 Å². The van der Waals surface area contributed by atoms with Crippen molar-refractivity contribution < 1.29 is 14.2 Å². The SMILES string of the molecule is COCCCNC(=NCc1nnc(C)n1C)N(C)Cc1ccc(OC)cc1OC.I. The highest BCUT2D eigenvalue weighted by atomic mass is 127. The van der Waals surface area contributed by atoms with Crippen molar-refractivity contribution >= 4 is 29.9 Å². The van der Waals surface area contributed by atoms with Gasteiger partial charge in [0, 0.05) is 52.5 Å². The molecule has 0 spiro atoms. The van der Waals surface area contributed by atoms with Gasteiger partial charge in [0.2, 0.25) is 0 Å². The molecule has 0 fully saturated rings. The van der Waals surface area contributed by atoms with E-state index in [9.17, 15) is 0 Å². The van der Waals surface area contributed by atoms with Gasteiger partial charge < -0.3 is 29.0 Å². The number of ether oxygens (including phenoxy) is 3. The molecule has 30 heavy (non-hydrogen) atoms. The third-order valence-corrected chi connectivity index (χ3v) is 4.62. The molecule has 1 N–H and O–H groups in total. The lowest BCUT2D eigenvalue weighted by atomic mass is 10.2. The average molecular weight is 532 g/mol. The highest BCUT2D eigenvalue weighted by molar-refractivity contribution is 14.0. The van der Waals surface area contributed by atoms with Crippen molar-refractivity contribution in [2.45, 2.75) is 26.4 Å². The third kappa shape index (κ3) is 7.31. The molecule has 0 unspecified atom stereocenters. The van der Waals surface area contributed by atoms with Crippen LogP contribution >= 0.6 is 24.0 Å². The van der Waals surface area contributed by atoms with Crippen LogP contribution in [0.1, 0.15) is 23.6 Å². The molecule has 0 saturated heterocycles. The Kier molecular flexibility index (Phi) is 11.5. The van der Waals surface area contributed by atoms with Gasteiger partial charge in [-0.15, -0.1) is 34.2 Å². The fourth-order valence-corrected chi connectivity index (χ4v) is 2.78. The Morgan fingerprint density at radius 3 is 2.57 bits per heavy atom. The number of aliphatic imine (C=N–C) groups is 1. The molecule has 0 amide bonds. The fraction of sp³-hybridized carbons (Fsp3) is 0.550. The number of nitrogens with zero attached hydrogens (tertiary/aromatic N) is 5. The van der Waals surface area contributed by atoms with E-state index in [0.717, 1.165) is 47.6 Å². The van der Waals surface area contributed by atoms with E-state index >= 15 is 0 Å². The lowest BCUT2D eigenvalue weighted by Crippen LogP contribution is -2.39. The van der Waals surface area contributed by atoms with Crippen LogP contribution in [0.3, 0.4) is 0 Å². The maximum Gasteiger partial charge on any atom is 0.194 e. The molecular formula is C20H33IN6O3. The van der Waals surface area contributed by atoms with Gasteiger partial charge in [-0.2, -0.15) is 0 Å². The number of aryl methyl sites for hydroxylation is 1. The van der Waals surface area contributed by atoms with Crippen LogP contribution in [0.5, 0.6) is 11.5 Å². The Balaban J connectivity index is 0.00000450. The topological polar surface area (TPSA) is 86.0 Å². The van der Waals surface area contributed by atoms with Crippen LogP contribution in [0.15, 0.2) is 23.2 Å². The molecule has 2 aromatic rings. The molecule has 2 rings (SSSR count). The molecular weight excluding hydrogens is 499 g/mol. The minimum Gasteiger partial charge on any atom is -0.497 e. The zero-order valence-electron chi connectivity index (χ0n) is 18.6. The van der Waals surface area contributed by atoms with Crippen molar-refractivity contribution in [2.24, 2.45) is 12.0 Å². The van der Waals surface area contributed by atoms with Crippen LogP contribution < -0.4 is 14.8 Å². The maximum absolute atomic E-state index is 5.52. The van der Waals surface area contributed by atoms with Crippen molar-refractivity contribution in [1.82, 2.24) is 25.0 Å². The summed E-state index contributed by atoms with van der Waals surface area (Å²) in [4.78, 5) is 6.81. The van der Waals surface area contributed by atoms with Crippen LogP contribution in [0, 0.1) is 6.92 Å². The van der Waals surface area contributed by atoms with E-state index in [2.05, 4.69) is 20.4 Å². The molecule has 0 aliphatic heterocycles. The Morgan fingerprint density at radius 2 is 1.97 bits per heavy atom. The summed E-state index contributed by atoms with van der Waals surface area (Å²) in [6.07, 6.45) is 0.887. The zero-order valence-corrected chi connectivity index (χ0v) is 21.0. The third-order valence-electron chi connectivity index (χ3n) is 4.62. The molecule has 10 heteroatoms. The van der Waals surface area contributed by atoms with Gasteiger partial charge in [0.05, 0.1) is 14.2 Å². The first kappa shape index (κ1) is 26.0. The van der Waals surface area contributed by atoms with E-state index < -0.39 is 0 Å². The number of benzene rings is 1. The molecule has 0 bridgehead atoms. The summed E-state index contributed by atoms with van der Waals surface area (Å²) in [7, 11) is 8.94. The largest absolute Gasteiger partial charge is 0.497 e. The van der Waals surface area contributed by atoms with Crippen molar-refractivity contribution in [3.05, 3.63) is 35.4 Å². The number of guanidine groups is 1. The molecule has 0 aliphatic carbocycles. The van der Waals surface area contributed by atoms with Crippen LogP contribution in [-0.4, -0.2) is 67.2 Å². The van der Waals surface area contributed by atoms with E-state index in [4.69, 9.17) is 19.2 Å². The van der Waals surface area contributed by atoms with E-state index in [1.54, 1.807) is 21.3 Å². The first-order chi connectivity index (χ1) is 14.0. The van der Waals surface area contributed by atoms with Gasteiger partial charge in [0.1, 0.15) is 23.9 Å². The second-order valence-electron chi connectivity index (χ2n) is 6.67. The van der Waals surface area contributed by atoms with Crippen molar-refractivity contribution in [3.63, 3.8) is 0 Å². The van der Waals surface area contributed by atoms with Crippen molar-refractivity contribution in [3.8, 4) is 11.5 Å². The van der Waals surface area contributed by atoms with Crippen LogP contribution in [0.2, 0.25) is 0 Å². The first-order valence-corrected chi connectivity index (χ1v) is 9.54. The molecule has 168 valence electrons. The Bertz CT molecular complexity index is 812. The maximum atomic E-state index is 5.52. The predicted molar refractivity (Wildman–Crippen MR) is 128 cm³/mol. The monoisotopic (exact) mass is 532 g/mol. The van der Waals surface area contributed by atoms with E-state index in [1.807, 2.05) is 43.8 Å². The summed E-state index contributed by atoms with van der Waals surface area (Å²) in [5, 5.41) is 11.7. The van der Waals surface area contributed by atoms with Gasteiger partial charge in [-0.25, -0.2) is 4.99 Å². The van der Waals surface area contributed by atoms with Crippen molar-refractivity contribution in [2.75, 3.05) is 41.5 Å². The highest BCUT2D eigenvalue weighted by Gasteiger charge is 2.13. The number of hydrogen-bond donors (Lipinski definition) is 1. The number of methoxy groups -OCH3 is 3. The zero-order chi connectivity index (χ0) is 21.2. The Morgan fingerprint density at radius 1 is 1.20 bits per heavy atom. The number of hydrogen-bond acceptors (Lipinski definition) is 6. The number of rotatable bonds is 10. The molecule has 0 radical (unpaired) electrons. The molecule has 0 aliphatic rings. The van der Waals surface area contributed by atoms with Crippen LogP contribution in [-0.2, 0) is 24.9 Å². The molecule has 1 heterocycles. The summed E-state index contributed by atoms with van der Waals surface area (Å²) in [5.74, 6) is 3.99. The predicted octanol–water partition coefficient (Wildman–Crippen LogP) is 2.37. The minimum absolute atomic E-state index is 0. The average Bonchev–Trinajstić information content (AvgIpc) is 3.05. The van der Waals surface area contributed by atoms with Crippen LogP contribution in [0.25, 0.3) is 0 Å². The first-order valence-electron chi connectivity index (χ1n) is 9.54. The minimum atomic E-state index is 0. The smallest absolute Gasteiger partial charge is 0.194 e. The Hall–Kier alpha value is -2.08. The van der Waals surface area contributed by atoms with E-state index in [0.29, 0.717) is 19.7 Å². The molecule has 1 aromatic heterocycles. The number of aromatic nitrogens is 3. The molecule has 1 aromatic carbocycles. The van der Waals surface area contributed by atoms with Crippen LogP contribution in [0.4, 0.5) is 0 Å². The normalized spacial score (nSPS) is 11.1. The molecule has 0 saturated carbocycles. The van der Waals surface area contributed by atoms with Gasteiger partial charge in [0.25, 0.3) is 0 Å². The van der Waals surface area contributed by atoms with Crippen molar-refractivity contribution in [1.29, 1.82) is 0 Å². The van der Waals surface area contributed by atoms with Gasteiger partial charge in [-0.05, 0) is 25.5 Å². The Labute approximate surface area is 195 Å². The standard InChI is InChI=1S/C20H32N6O3.HI/c1-15-23-24-19(26(15)3)13-22-20(21-10-7-11-27-4)25(2)14-16-8-9-17(28-5)12-18(16)29-6;/h8-9,12H,7,10-11,13-14H2,1-6H3,(H,21,22);1H. The van der Waals surface area contributed by atoms with Gasteiger partial charge in [-0.1, -0.05) is 0 Å². The fourth-order valence-electron chi connectivity index (χ4n) is 2.78. The quantitative estimate of drug-likeness (QED) is 0.218. The second kappa shape index (κ2) is 13.3. The van der Waals surface area contributed by atoms with E-state index in [1.165, 1.54) is 0 Å². The van der Waals surface area contributed by atoms with Gasteiger partial charge >= 0.3 is 0 Å². The molecule has 0 atom stereocenters. The summed E-state index contributed by atoms with van der Waals surface area (Å²) in [6.45, 7) is 4.44. The second-order valence-corrected chi connectivity index (χ2v) is 6.67. The molecule has 9 nitrogen and oxygen atoms in total. The number of nitrogens with one attached hydrogen (secondary N) is 1. The summed E-state index contributed by atoms with van der Waals surface area (Å²) >= 11 is 0.